The van der Waals surface area contributed by atoms with Gasteiger partial charge in [0.1, 0.15) is 0 Å². The Bertz CT molecular complexity index is 1300. The monoisotopic (exact) mass is 425 g/mol. The minimum Gasteiger partial charge on any atom is -0.454 e. The number of nitrogens with one attached hydrogen (secondary N) is 2. The molecule has 3 aromatic carbocycles. The maximum atomic E-state index is 13.4. The Morgan fingerprint density at radius 2 is 1.81 bits per heavy atom. The van der Waals surface area contributed by atoms with Crippen LogP contribution in [0.4, 0.5) is 4.79 Å². The van der Waals surface area contributed by atoms with Crippen molar-refractivity contribution in [2.24, 2.45) is 0 Å². The Balaban J connectivity index is 1.39. The Morgan fingerprint density at radius 3 is 2.72 bits per heavy atom. The number of carbonyl (C=O) groups excluding carboxylic acids is 1. The number of rotatable bonds is 3. The van der Waals surface area contributed by atoms with Gasteiger partial charge in [-0.3, -0.25) is 0 Å². The number of benzene rings is 3. The normalized spacial score (nSPS) is 16.8. The summed E-state index contributed by atoms with van der Waals surface area (Å²) >= 11 is 0. The van der Waals surface area contributed by atoms with E-state index in [0.717, 1.165) is 40.3 Å². The third-order valence-electron chi connectivity index (χ3n) is 6.29. The van der Waals surface area contributed by atoms with E-state index in [-0.39, 0.29) is 18.9 Å². The van der Waals surface area contributed by atoms with Gasteiger partial charge in [0.05, 0.1) is 6.04 Å². The van der Waals surface area contributed by atoms with Crippen LogP contribution in [0.2, 0.25) is 0 Å². The molecule has 0 unspecified atom stereocenters. The molecule has 6 nitrogen and oxygen atoms in total. The Hall–Kier alpha value is -3.93. The number of carbonyl (C=O) groups is 1. The van der Waals surface area contributed by atoms with Gasteiger partial charge in [-0.25, -0.2) is 4.79 Å². The smallest absolute Gasteiger partial charge is 0.318 e. The molecule has 0 spiro atoms. The molecule has 3 heterocycles. The van der Waals surface area contributed by atoms with Crippen molar-refractivity contribution >= 4 is 16.9 Å². The molecule has 0 bridgehead atoms. The van der Waals surface area contributed by atoms with Crippen molar-refractivity contribution in [2.45, 2.75) is 19.0 Å². The van der Waals surface area contributed by atoms with E-state index in [4.69, 9.17) is 9.47 Å². The number of ether oxygens (including phenoxy) is 2. The molecule has 0 aliphatic carbocycles. The minimum atomic E-state index is -0.239. The molecule has 6 heteroatoms. The first kappa shape index (κ1) is 18.8. The third-order valence-corrected chi connectivity index (χ3v) is 6.29. The lowest BCUT2D eigenvalue weighted by Crippen LogP contribution is -2.45. The second-order valence-electron chi connectivity index (χ2n) is 8.17. The number of aromatic nitrogens is 1. The summed E-state index contributed by atoms with van der Waals surface area (Å²) in [5.41, 5.74) is 5.50. The van der Waals surface area contributed by atoms with Gasteiger partial charge in [-0.2, -0.15) is 0 Å². The summed E-state index contributed by atoms with van der Waals surface area (Å²) in [5, 5.41) is 4.32. The van der Waals surface area contributed by atoms with E-state index in [0.29, 0.717) is 13.1 Å². The molecular formula is C26H23N3O3. The number of para-hydroxylation sites is 1. The van der Waals surface area contributed by atoms with Crippen LogP contribution in [0, 0.1) is 0 Å². The highest BCUT2D eigenvalue weighted by molar-refractivity contribution is 5.86. The molecule has 0 radical (unpaired) electrons. The van der Waals surface area contributed by atoms with E-state index in [9.17, 15) is 4.79 Å². The maximum absolute atomic E-state index is 13.4. The number of fused-ring (bicyclic) bond motifs is 4. The number of nitrogens with zero attached hydrogens (tertiary/aromatic N) is 1. The van der Waals surface area contributed by atoms with Crippen LogP contribution >= 0.6 is 0 Å². The summed E-state index contributed by atoms with van der Waals surface area (Å²) in [7, 11) is 0. The predicted molar refractivity (Wildman–Crippen MR) is 122 cm³/mol. The molecule has 2 aliphatic rings. The van der Waals surface area contributed by atoms with Crippen molar-refractivity contribution in [3.63, 3.8) is 0 Å². The average Bonchev–Trinajstić information content (AvgIpc) is 3.46. The van der Waals surface area contributed by atoms with Gasteiger partial charge in [-0.05, 0) is 41.3 Å². The van der Waals surface area contributed by atoms with Gasteiger partial charge in [0, 0.05) is 29.7 Å². The van der Waals surface area contributed by atoms with E-state index in [1.807, 2.05) is 59.5 Å². The van der Waals surface area contributed by atoms with Gasteiger partial charge in [0.2, 0.25) is 6.79 Å². The van der Waals surface area contributed by atoms with Crippen molar-refractivity contribution in [1.82, 2.24) is 15.2 Å². The second kappa shape index (κ2) is 7.64. The minimum absolute atomic E-state index is 0.0826. The number of aromatic amines is 1. The largest absolute Gasteiger partial charge is 0.454 e. The second-order valence-corrected chi connectivity index (χ2v) is 8.17. The van der Waals surface area contributed by atoms with Crippen LogP contribution in [-0.4, -0.2) is 29.3 Å². The number of amides is 2. The zero-order valence-electron chi connectivity index (χ0n) is 17.5. The molecule has 6 rings (SSSR count). The highest BCUT2D eigenvalue weighted by Gasteiger charge is 2.35. The molecule has 0 saturated carbocycles. The van der Waals surface area contributed by atoms with Gasteiger partial charge >= 0.3 is 6.03 Å². The van der Waals surface area contributed by atoms with Crippen molar-refractivity contribution in [3.05, 3.63) is 95.2 Å². The Kier molecular flexibility index (Phi) is 4.49. The third kappa shape index (κ3) is 3.15. The molecule has 0 saturated heterocycles. The number of hydrogen-bond donors (Lipinski definition) is 2. The van der Waals surface area contributed by atoms with Gasteiger partial charge < -0.3 is 24.7 Å². The molecule has 1 aromatic heterocycles. The molecule has 0 fully saturated rings. The number of H-pyrrole nitrogens is 1. The summed E-state index contributed by atoms with van der Waals surface area (Å²) in [5.74, 6) is 1.46. The van der Waals surface area contributed by atoms with Crippen LogP contribution in [0.5, 0.6) is 11.5 Å². The number of hydrogen-bond acceptors (Lipinski definition) is 3. The fraction of sp³-hybridized carbons (Fsp3) is 0.192. The topological polar surface area (TPSA) is 66.6 Å². The van der Waals surface area contributed by atoms with Crippen LogP contribution in [0.15, 0.2) is 72.8 Å². The predicted octanol–water partition coefficient (Wildman–Crippen LogP) is 4.75. The highest BCUT2D eigenvalue weighted by Crippen LogP contribution is 2.42. The zero-order valence-corrected chi connectivity index (χ0v) is 17.5. The summed E-state index contributed by atoms with van der Waals surface area (Å²) < 4.78 is 11.1. The lowest BCUT2D eigenvalue weighted by molar-refractivity contribution is 0.173. The maximum Gasteiger partial charge on any atom is 0.318 e. The fourth-order valence-corrected chi connectivity index (χ4v) is 4.76. The van der Waals surface area contributed by atoms with Crippen LogP contribution < -0.4 is 14.8 Å². The van der Waals surface area contributed by atoms with Crippen molar-refractivity contribution in [2.75, 3.05) is 13.3 Å². The van der Waals surface area contributed by atoms with E-state index >= 15 is 0 Å². The van der Waals surface area contributed by atoms with Gasteiger partial charge in [0.15, 0.2) is 11.5 Å². The molecule has 4 aromatic rings. The molecular weight excluding hydrogens is 402 g/mol. The first-order valence-corrected chi connectivity index (χ1v) is 10.9. The van der Waals surface area contributed by atoms with E-state index < -0.39 is 0 Å². The number of urea groups is 1. The SMILES string of the molecule is O=C(NCc1ccccc1)N1CCc2c([nH]c3ccccc23)[C@H]1c1ccc2c(c1)OCO2. The quantitative estimate of drug-likeness (QED) is 0.498. The van der Waals surface area contributed by atoms with Crippen molar-refractivity contribution in [3.8, 4) is 11.5 Å². The van der Waals surface area contributed by atoms with Gasteiger partial charge in [-0.1, -0.05) is 54.6 Å². The van der Waals surface area contributed by atoms with Crippen molar-refractivity contribution < 1.29 is 14.3 Å². The van der Waals surface area contributed by atoms with Crippen LogP contribution in [-0.2, 0) is 13.0 Å². The summed E-state index contributed by atoms with van der Waals surface area (Å²) in [6.45, 7) is 1.35. The lowest BCUT2D eigenvalue weighted by Gasteiger charge is -2.36. The first-order chi connectivity index (χ1) is 15.8. The van der Waals surface area contributed by atoms with Gasteiger partial charge in [-0.15, -0.1) is 0 Å². The van der Waals surface area contributed by atoms with E-state index in [2.05, 4.69) is 28.5 Å². The van der Waals surface area contributed by atoms with Crippen LogP contribution in [0.1, 0.15) is 28.4 Å². The summed E-state index contributed by atoms with van der Waals surface area (Å²) in [6.07, 6.45) is 0.805. The average molecular weight is 425 g/mol. The zero-order chi connectivity index (χ0) is 21.5. The fourth-order valence-electron chi connectivity index (χ4n) is 4.76. The molecule has 2 aliphatic heterocycles. The van der Waals surface area contributed by atoms with E-state index in [1.54, 1.807) is 0 Å². The molecule has 2 N–H and O–H groups in total. The lowest BCUT2D eigenvalue weighted by atomic mass is 9.92. The summed E-state index contributed by atoms with van der Waals surface area (Å²) in [6, 6.07) is 23.9. The molecule has 32 heavy (non-hydrogen) atoms. The highest BCUT2D eigenvalue weighted by atomic mass is 16.7. The van der Waals surface area contributed by atoms with E-state index in [1.165, 1.54) is 10.9 Å². The van der Waals surface area contributed by atoms with Crippen molar-refractivity contribution in [1.29, 1.82) is 0 Å². The molecule has 2 amide bonds. The Morgan fingerprint density at radius 1 is 1.00 bits per heavy atom. The standard InChI is InChI=1S/C26H23N3O3/c30-26(27-15-17-6-2-1-3-7-17)29-13-12-20-19-8-4-5-9-21(19)28-24(20)25(29)18-10-11-22-23(14-18)32-16-31-22/h1-11,14,25,28H,12-13,15-16H2,(H,27,30)/t25-/m1/s1. The first-order valence-electron chi connectivity index (χ1n) is 10.9. The van der Waals surface area contributed by atoms with Crippen LogP contribution in [0.3, 0.4) is 0 Å². The Labute approximate surface area is 185 Å². The summed E-state index contributed by atoms with van der Waals surface area (Å²) in [4.78, 5) is 18.9. The van der Waals surface area contributed by atoms with Gasteiger partial charge in [0.25, 0.3) is 0 Å². The van der Waals surface area contributed by atoms with Crippen LogP contribution in [0.25, 0.3) is 10.9 Å². The molecule has 160 valence electrons. The molecule has 1 atom stereocenters.